The molecule has 2 aromatic rings. The first-order chi connectivity index (χ1) is 6.13. The van der Waals surface area contributed by atoms with Gasteiger partial charge >= 0.3 is 0 Å². The third-order valence-electron chi connectivity index (χ3n) is 2.18. The zero-order chi connectivity index (χ0) is 9.59. The number of aromatic nitrogens is 3. The molecule has 0 saturated heterocycles. The van der Waals surface area contributed by atoms with Crippen LogP contribution in [-0.2, 0) is 0 Å². The molecule has 68 valence electrons. The molecule has 1 N–H and O–H groups in total. The zero-order valence-corrected chi connectivity index (χ0v) is 8.00. The lowest BCUT2D eigenvalue weighted by Gasteiger charge is -1.96. The van der Waals surface area contributed by atoms with Crippen molar-refractivity contribution < 1.29 is 5.11 Å². The lowest BCUT2D eigenvalue weighted by Crippen LogP contribution is -1.92. The average Bonchev–Trinajstić information content (AvgIpc) is 2.33. The number of fused-ring (bicyclic) bond motifs is 1. The molecule has 0 aromatic carbocycles. The van der Waals surface area contributed by atoms with Crippen LogP contribution in [0, 0.1) is 13.8 Å². The smallest absolute Gasteiger partial charge is 0.239 e. The SMILES string of the molecule is Cc1c(C)c2c(O)ncnn2c1Cl. The average molecular weight is 198 g/mol. The first kappa shape index (κ1) is 8.31. The monoisotopic (exact) mass is 197 g/mol. The molecule has 0 atom stereocenters. The molecule has 0 amide bonds. The van der Waals surface area contributed by atoms with E-state index in [1.54, 1.807) is 0 Å². The predicted molar refractivity (Wildman–Crippen MR) is 49.1 cm³/mol. The summed E-state index contributed by atoms with van der Waals surface area (Å²) in [6.07, 6.45) is 1.27. The highest BCUT2D eigenvalue weighted by Gasteiger charge is 2.14. The van der Waals surface area contributed by atoms with Crippen LogP contribution in [0.25, 0.3) is 5.52 Å². The Morgan fingerprint density at radius 3 is 2.69 bits per heavy atom. The van der Waals surface area contributed by atoms with Gasteiger partial charge in [0.1, 0.15) is 17.0 Å². The molecule has 0 bridgehead atoms. The van der Waals surface area contributed by atoms with Crippen LogP contribution in [0.4, 0.5) is 0 Å². The Balaban J connectivity index is 3.03. The van der Waals surface area contributed by atoms with Gasteiger partial charge in [-0.1, -0.05) is 11.6 Å². The van der Waals surface area contributed by atoms with Crippen molar-refractivity contribution in [2.24, 2.45) is 0 Å². The Hall–Kier alpha value is -1.29. The Labute approximate surface area is 79.8 Å². The first-order valence-corrected chi connectivity index (χ1v) is 4.18. The van der Waals surface area contributed by atoms with E-state index in [0.717, 1.165) is 11.1 Å². The second-order valence-electron chi connectivity index (χ2n) is 2.88. The molecule has 0 aliphatic heterocycles. The minimum absolute atomic E-state index is 0.0394. The highest BCUT2D eigenvalue weighted by Crippen LogP contribution is 2.28. The zero-order valence-electron chi connectivity index (χ0n) is 7.24. The van der Waals surface area contributed by atoms with E-state index in [2.05, 4.69) is 10.1 Å². The van der Waals surface area contributed by atoms with Crippen molar-refractivity contribution in [3.05, 3.63) is 22.6 Å². The number of hydrogen-bond acceptors (Lipinski definition) is 3. The van der Waals surface area contributed by atoms with Crippen LogP contribution in [0.15, 0.2) is 6.33 Å². The molecule has 0 unspecified atom stereocenters. The number of aryl methyl sites for hydroxylation is 1. The fraction of sp³-hybridized carbons (Fsp3) is 0.250. The number of nitrogens with zero attached hydrogens (tertiary/aromatic N) is 3. The molecule has 2 aromatic heterocycles. The third-order valence-corrected chi connectivity index (χ3v) is 2.63. The van der Waals surface area contributed by atoms with E-state index in [9.17, 15) is 5.11 Å². The maximum absolute atomic E-state index is 9.46. The van der Waals surface area contributed by atoms with Crippen molar-refractivity contribution in [3.63, 3.8) is 0 Å². The lowest BCUT2D eigenvalue weighted by molar-refractivity contribution is 0.453. The summed E-state index contributed by atoms with van der Waals surface area (Å²) in [6, 6.07) is 0. The standard InChI is InChI=1S/C8H8ClN3O/c1-4-5(2)7(9)12-6(4)8(13)10-3-11-12/h3H,1-2H3,(H,10,11,13). The largest absolute Gasteiger partial charge is 0.492 e. The summed E-state index contributed by atoms with van der Waals surface area (Å²) in [5, 5.41) is 13.9. The maximum Gasteiger partial charge on any atom is 0.239 e. The van der Waals surface area contributed by atoms with Gasteiger partial charge in [-0.25, -0.2) is 4.52 Å². The van der Waals surface area contributed by atoms with Gasteiger partial charge in [0, 0.05) is 0 Å². The van der Waals surface area contributed by atoms with Gasteiger partial charge < -0.3 is 5.11 Å². The van der Waals surface area contributed by atoms with Gasteiger partial charge in [-0.05, 0) is 25.0 Å². The van der Waals surface area contributed by atoms with E-state index in [1.807, 2.05) is 13.8 Å². The van der Waals surface area contributed by atoms with Gasteiger partial charge in [0.05, 0.1) is 0 Å². The molecule has 13 heavy (non-hydrogen) atoms. The Morgan fingerprint density at radius 2 is 2.08 bits per heavy atom. The summed E-state index contributed by atoms with van der Waals surface area (Å²) >= 11 is 5.98. The number of hydrogen-bond donors (Lipinski definition) is 1. The molecule has 0 fully saturated rings. The minimum Gasteiger partial charge on any atom is -0.492 e. The highest BCUT2D eigenvalue weighted by atomic mass is 35.5. The molecule has 4 nitrogen and oxygen atoms in total. The van der Waals surface area contributed by atoms with E-state index in [4.69, 9.17) is 11.6 Å². The van der Waals surface area contributed by atoms with Crippen LogP contribution in [0.1, 0.15) is 11.1 Å². The van der Waals surface area contributed by atoms with Gasteiger partial charge in [0.25, 0.3) is 0 Å². The van der Waals surface area contributed by atoms with E-state index in [1.165, 1.54) is 10.8 Å². The molecule has 0 aliphatic carbocycles. The fourth-order valence-corrected chi connectivity index (χ4v) is 1.58. The molecule has 2 heterocycles. The van der Waals surface area contributed by atoms with Crippen molar-refractivity contribution in [1.29, 1.82) is 0 Å². The van der Waals surface area contributed by atoms with Crippen molar-refractivity contribution in [2.75, 3.05) is 0 Å². The van der Waals surface area contributed by atoms with Crippen LogP contribution in [0.3, 0.4) is 0 Å². The van der Waals surface area contributed by atoms with Crippen molar-refractivity contribution in [2.45, 2.75) is 13.8 Å². The molecule has 0 aliphatic rings. The van der Waals surface area contributed by atoms with Crippen molar-refractivity contribution in [3.8, 4) is 5.88 Å². The van der Waals surface area contributed by atoms with Crippen LogP contribution in [0.5, 0.6) is 5.88 Å². The van der Waals surface area contributed by atoms with Gasteiger partial charge in [-0.2, -0.15) is 10.1 Å². The van der Waals surface area contributed by atoms with Crippen molar-refractivity contribution in [1.82, 2.24) is 14.6 Å². The van der Waals surface area contributed by atoms with Crippen molar-refractivity contribution >= 4 is 17.1 Å². The van der Waals surface area contributed by atoms with E-state index in [-0.39, 0.29) is 5.88 Å². The Morgan fingerprint density at radius 1 is 1.38 bits per heavy atom. The normalized spacial score (nSPS) is 11.0. The van der Waals surface area contributed by atoms with Gasteiger partial charge in [0.15, 0.2) is 0 Å². The van der Waals surface area contributed by atoms with E-state index in [0.29, 0.717) is 10.7 Å². The fourth-order valence-electron chi connectivity index (χ4n) is 1.31. The van der Waals surface area contributed by atoms with Crippen LogP contribution < -0.4 is 0 Å². The number of halogens is 1. The molecule has 0 radical (unpaired) electrons. The number of aromatic hydroxyl groups is 1. The third kappa shape index (κ3) is 0.986. The van der Waals surface area contributed by atoms with Gasteiger partial charge in [-0.15, -0.1) is 0 Å². The predicted octanol–water partition coefficient (Wildman–Crippen LogP) is 1.71. The van der Waals surface area contributed by atoms with E-state index < -0.39 is 0 Å². The molecule has 0 spiro atoms. The molecule has 5 heteroatoms. The summed E-state index contributed by atoms with van der Waals surface area (Å²) in [5.41, 5.74) is 2.39. The maximum atomic E-state index is 9.46. The summed E-state index contributed by atoms with van der Waals surface area (Å²) in [6.45, 7) is 3.76. The molecular formula is C8H8ClN3O. The summed E-state index contributed by atoms with van der Waals surface area (Å²) in [4.78, 5) is 3.69. The van der Waals surface area contributed by atoms with Crippen LogP contribution in [-0.4, -0.2) is 19.7 Å². The van der Waals surface area contributed by atoms with Crippen LogP contribution >= 0.6 is 11.6 Å². The quantitative estimate of drug-likeness (QED) is 0.700. The minimum atomic E-state index is -0.0394. The topological polar surface area (TPSA) is 50.4 Å². The van der Waals surface area contributed by atoms with Crippen LogP contribution in [0.2, 0.25) is 5.15 Å². The van der Waals surface area contributed by atoms with Gasteiger partial charge in [0.2, 0.25) is 5.88 Å². The summed E-state index contributed by atoms with van der Waals surface area (Å²) in [7, 11) is 0. The van der Waals surface area contributed by atoms with E-state index >= 15 is 0 Å². The van der Waals surface area contributed by atoms with Gasteiger partial charge in [-0.3, -0.25) is 0 Å². The lowest BCUT2D eigenvalue weighted by atomic mass is 10.2. The Bertz CT molecular complexity index is 478. The first-order valence-electron chi connectivity index (χ1n) is 3.80. The molecule has 0 saturated carbocycles. The number of rotatable bonds is 0. The second kappa shape index (κ2) is 2.60. The second-order valence-corrected chi connectivity index (χ2v) is 3.24. The molecular weight excluding hydrogens is 190 g/mol. The summed E-state index contributed by atoms with van der Waals surface area (Å²) < 4.78 is 1.48. The molecule has 2 rings (SSSR count). The Kier molecular flexibility index (Phi) is 1.66. The highest BCUT2D eigenvalue weighted by molar-refractivity contribution is 6.31. The summed E-state index contributed by atoms with van der Waals surface area (Å²) in [5.74, 6) is -0.0394.